The number of hydrogen-bond donors (Lipinski definition) is 0. The average Bonchev–Trinajstić information content (AvgIpc) is 2.75. The third-order valence-corrected chi connectivity index (χ3v) is 5.53. The Balaban J connectivity index is 2.19. The molecule has 1 aromatic carbocycles. The summed E-state index contributed by atoms with van der Waals surface area (Å²) in [4.78, 5) is 13.0. The van der Waals surface area contributed by atoms with Gasteiger partial charge in [-0.2, -0.15) is 4.31 Å². The average molecular weight is 332 g/mol. The van der Waals surface area contributed by atoms with Gasteiger partial charge in [-0.3, -0.25) is 4.79 Å². The fraction of sp³-hybridized carbons (Fsp3) is 0.500. The van der Waals surface area contributed by atoms with Crippen molar-refractivity contribution < 1.29 is 22.0 Å². The van der Waals surface area contributed by atoms with Crippen LogP contribution in [0.15, 0.2) is 23.1 Å². The Labute approximate surface area is 128 Å². The molecule has 22 heavy (non-hydrogen) atoms. The summed E-state index contributed by atoms with van der Waals surface area (Å²) in [5, 5.41) is 0. The van der Waals surface area contributed by atoms with Crippen molar-refractivity contribution in [1.82, 2.24) is 9.21 Å². The van der Waals surface area contributed by atoms with Gasteiger partial charge in [-0.1, -0.05) is 6.92 Å². The molecule has 0 aromatic heterocycles. The van der Waals surface area contributed by atoms with Crippen LogP contribution in [0.4, 0.5) is 8.78 Å². The molecule has 0 spiro atoms. The number of sulfonamides is 1. The van der Waals surface area contributed by atoms with Crippen LogP contribution < -0.4 is 0 Å². The van der Waals surface area contributed by atoms with Gasteiger partial charge in [0, 0.05) is 32.6 Å². The van der Waals surface area contributed by atoms with E-state index in [1.165, 1.54) is 4.31 Å². The first-order valence-corrected chi connectivity index (χ1v) is 8.53. The van der Waals surface area contributed by atoms with E-state index in [9.17, 15) is 22.0 Å². The zero-order chi connectivity index (χ0) is 16.3. The van der Waals surface area contributed by atoms with E-state index in [-0.39, 0.29) is 23.9 Å². The molecule has 0 radical (unpaired) electrons. The van der Waals surface area contributed by atoms with Gasteiger partial charge in [0.05, 0.1) is 4.90 Å². The molecule has 5 nitrogen and oxygen atoms in total. The SMILES string of the molecule is CCC(=O)N1CCCN(S(=O)(=O)c2ccc(F)c(F)c2)CC1. The summed E-state index contributed by atoms with van der Waals surface area (Å²) >= 11 is 0. The third-order valence-electron chi connectivity index (χ3n) is 3.64. The van der Waals surface area contributed by atoms with Crippen LogP contribution in [-0.2, 0) is 14.8 Å². The normalized spacial score (nSPS) is 17.3. The fourth-order valence-electron chi connectivity index (χ4n) is 2.39. The molecule has 122 valence electrons. The molecule has 2 rings (SSSR count). The minimum absolute atomic E-state index is 0.0212. The number of halogens is 2. The second-order valence-electron chi connectivity index (χ2n) is 5.07. The molecular weight excluding hydrogens is 314 g/mol. The highest BCUT2D eigenvalue weighted by atomic mass is 32.2. The van der Waals surface area contributed by atoms with Crippen LogP contribution in [-0.4, -0.2) is 49.7 Å². The van der Waals surface area contributed by atoms with Crippen molar-refractivity contribution in [1.29, 1.82) is 0 Å². The molecule has 0 saturated carbocycles. The summed E-state index contributed by atoms with van der Waals surface area (Å²) in [6, 6.07) is 2.53. The molecular formula is C14H18F2N2O3S. The number of carbonyl (C=O) groups excluding carboxylic acids is 1. The van der Waals surface area contributed by atoms with Gasteiger partial charge in [-0.15, -0.1) is 0 Å². The molecule has 1 aliphatic heterocycles. The van der Waals surface area contributed by atoms with Crippen molar-refractivity contribution in [3.8, 4) is 0 Å². The highest BCUT2D eigenvalue weighted by molar-refractivity contribution is 7.89. The molecule has 0 unspecified atom stereocenters. The topological polar surface area (TPSA) is 57.7 Å². The van der Waals surface area contributed by atoms with Gasteiger partial charge in [0.15, 0.2) is 11.6 Å². The number of rotatable bonds is 3. The maximum atomic E-state index is 13.3. The summed E-state index contributed by atoms with van der Waals surface area (Å²) < 4.78 is 52.4. The number of amides is 1. The van der Waals surface area contributed by atoms with Crippen LogP contribution in [0.25, 0.3) is 0 Å². The summed E-state index contributed by atoms with van der Waals surface area (Å²) in [7, 11) is -3.89. The molecule has 1 heterocycles. The summed E-state index contributed by atoms with van der Waals surface area (Å²) in [6.07, 6.45) is 0.880. The fourth-order valence-corrected chi connectivity index (χ4v) is 3.88. The van der Waals surface area contributed by atoms with E-state index in [0.29, 0.717) is 32.0 Å². The zero-order valence-corrected chi connectivity index (χ0v) is 13.1. The highest BCUT2D eigenvalue weighted by Crippen LogP contribution is 2.20. The molecule has 0 N–H and O–H groups in total. The Kier molecular flexibility index (Phi) is 5.12. The van der Waals surface area contributed by atoms with Crippen molar-refractivity contribution in [2.75, 3.05) is 26.2 Å². The maximum absolute atomic E-state index is 13.3. The van der Waals surface area contributed by atoms with E-state index < -0.39 is 21.7 Å². The Morgan fingerprint density at radius 1 is 1.14 bits per heavy atom. The monoisotopic (exact) mass is 332 g/mol. The molecule has 0 aliphatic carbocycles. The lowest BCUT2D eigenvalue weighted by molar-refractivity contribution is -0.130. The van der Waals surface area contributed by atoms with Gasteiger partial charge >= 0.3 is 0 Å². The Morgan fingerprint density at radius 2 is 1.86 bits per heavy atom. The van der Waals surface area contributed by atoms with E-state index in [0.717, 1.165) is 12.1 Å². The minimum Gasteiger partial charge on any atom is -0.341 e. The number of carbonyl (C=O) groups is 1. The third kappa shape index (κ3) is 3.44. The van der Waals surface area contributed by atoms with Crippen LogP contribution in [0.1, 0.15) is 19.8 Å². The smallest absolute Gasteiger partial charge is 0.243 e. The van der Waals surface area contributed by atoms with Crippen LogP contribution >= 0.6 is 0 Å². The van der Waals surface area contributed by atoms with E-state index in [2.05, 4.69) is 0 Å². The first-order valence-electron chi connectivity index (χ1n) is 7.09. The van der Waals surface area contributed by atoms with Crippen molar-refractivity contribution in [3.05, 3.63) is 29.8 Å². The van der Waals surface area contributed by atoms with Crippen molar-refractivity contribution in [2.45, 2.75) is 24.7 Å². The van der Waals surface area contributed by atoms with Gasteiger partial charge in [0.2, 0.25) is 15.9 Å². The first-order chi connectivity index (χ1) is 10.4. The predicted molar refractivity (Wildman–Crippen MR) is 76.6 cm³/mol. The minimum atomic E-state index is -3.89. The molecule has 8 heteroatoms. The van der Waals surface area contributed by atoms with Gasteiger partial charge < -0.3 is 4.90 Å². The predicted octanol–water partition coefficient (Wildman–Crippen LogP) is 1.60. The van der Waals surface area contributed by atoms with Crippen molar-refractivity contribution in [2.24, 2.45) is 0 Å². The Hall–Kier alpha value is -1.54. The van der Waals surface area contributed by atoms with Crippen LogP contribution in [0.2, 0.25) is 0 Å². The van der Waals surface area contributed by atoms with E-state index in [4.69, 9.17) is 0 Å². The van der Waals surface area contributed by atoms with E-state index in [1.807, 2.05) is 0 Å². The van der Waals surface area contributed by atoms with E-state index >= 15 is 0 Å². The standard InChI is InChI=1S/C14H18F2N2O3S/c1-2-14(19)17-6-3-7-18(9-8-17)22(20,21)11-4-5-12(15)13(16)10-11/h4-5,10H,2-3,6-9H2,1H3. The largest absolute Gasteiger partial charge is 0.341 e. The van der Waals surface area contributed by atoms with Gasteiger partial charge in [-0.05, 0) is 24.6 Å². The molecule has 1 aliphatic rings. The second kappa shape index (κ2) is 6.70. The summed E-state index contributed by atoms with van der Waals surface area (Å²) in [5.74, 6) is -2.31. The lowest BCUT2D eigenvalue weighted by Crippen LogP contribution is -2.37. The van der Waals surface area contributed by atoms with Crippen molar-refractivity contribution >= 4 is 15.9 Å². The van der Waals surface area contributed by atoms with Crippen molar-refractivity contribution in [3.63, 3.8) is 0 Å². The lowest BCUT2D eigenvalue weighted by atomic mass is 10.3. The molecule has 1 amide bonds. The van der Waals surface area contributed by atoms with Crippen LogP contribution in [0.5, 0.6) is 0 Å². The molecule has 1 fully saturated rings. The Bertz CT molecular complexity index is 664. The first kappa shape index (κ1) is 16.8. The van der Waals surface area contributed by atoms with Gasteiger partial charge in [-0.25, -0.2) is 17.2 Å². The maximum Gasteiger partial charge on any atom is 0.243 e. The van der Waals surface area contributed by atoms with Gasteiger partial charge in [0.25, 0.3) is 0 Å². The van der Waals surface area contributed by atoms with Crippen LogP contribution in [0.3, 0.4) is 0 Å². The molecule has 1 aromatic rings. The Morgan fingerprint density at radius 3 is 2.50 bits per heavy atom. The number of hydrogen-bond acceptors (Lipinski definition) is 3. The summed E-state index contributed by atoms with van der Waals surface area (Å²) in [6.45, 7) is 2.94. The lowest BCUT2D eigenvalue weighted by Gasteiger charge is -2.21. The summed E-state index contributed by atoms with van der Waals surface area (Å²) in [5.41, 5.74) is 0. The number of nitrogens with zero attached hydrogens (tertiary/aromatic N) is 2. The quantitative estimate of drug-likeness (QED) is 0.845. The molecule has 1 saturated heterocycles. The zero-order valence-electron chi connectivity index (χ0n) is 12.3. The highest BCUT2D eigenvalue weighted by Gasteiger charge is 2.28. The number of benzene rings is 1. The second-order valence-corrected chi connectivity index (χ2v) is 7.01. The van der Waals surface area contributed by atoms with Crippen LogP contribution in [0, 0.1) is 11.6 Å². The van der Waals surface area contributed by atoms with Gasteiger partial charge in [0.1, 0.15) is 0 Å². The molecule has 0 bridgehead atoms. The molecule has 0 atom stereocenters. The van der Waals surface area contributed by atoms with E-state index in [1.54, 1.807) is 11.8 Å².